The molecular formula is C20H20F3N5O2. The van der Waals surface area contributed by atoms with Crippen LogP contribution in [0.4, 0.5) is 19.0 Å². The second-order valence-electron chi connectivity index (χ2n) is 6.71. The van der Waals surface area contributed by atoms with Crippen molar-refractivity contribution in [2.75, 3.05) is 37.6 Å². The Kier molecular flexibility index (Phi) is 6.74. The van der Waals surface area contributed by atoms with Gasteiger partial charge in [-0.25, -0.2) is 4.98 Å². The first-order valence-electron chi connectivity index (χ1n) is 9.28. The number of nitrogens with one attached hydrogen (secondary N) is 1. The summed E-state index contributed by atoms with van der Waals surface area (Å²) in [6.07, 6.45) is -3.20. The van der Waals surface area contributed by atoms with Crippen molar-refractivity contribution < 1.29 is 22.7 Å². The number of para-hydroxylation sites is 1. The van der Waals surface area contributed by atoms with Gasteiger partial charge in [0.2, 0.25) is 5.91 Å². The average molecular weight is 419 g/mol. The SMILES string of the molecule is N#Cc1ccnc(N2CCN(CC(=O)NCc3ccccc3OC(F)(F)F)CC2)c1. The van der Waals surface area contributed by atoms with Gasteiger partial charge in [0.15, 0.2) is 0 Å². The largest absolute Gasteiger partial charge is 0.573 e. The smallest absolute Gasteiger partial charge is 0.405 e. The lowest BCUT2D eigenvalue weighted by Gasteiger charge is -2.35. The molecule has 1 saturated heterocycles. The predicted molar refractivity (Wildman–Crippen MR) is 103 cm³/mol. The number of benzene rings is 1. The number of piperazine rings is 1. The Hall–Kier alpha value is -3.32. The molecule has 0 radical (unpaired) electrons. The Morgan fingerprint density at radius 2 is 1.93 bits per heavy atom. The second kappa shape index (κ2) is 9.45. The molecule has 1 fully saturated rings. The quantitative estimate of drug-likeness (QED) is 0.774. The normalized spacial score (nSPS) is 14.8. The zero-order valence-corrected chi connectivity index (χ0v) is 16.0. The topological polar surface area (TPSA) is 81.5 Å². The van der Waals surface area contributed by atoms with Crippen LogP contribution in [-0.2, 0) is 11.3 Å². The lowest BCUT2D eigenvalue weighted by atomic mass is 10.2. The van der Waals surface area contributed by atoms with Gasteiger partial charge in [0.05, 0.1) is 18.2 Å². The number of rotatable bonds is 6. The molecule has 0 atom stereocenters. The molecule has 1 amide bonds. The first-order valence-corrected chi connectivity index (χ1v) is 9.28. The van der Waals surface area contributed by atoms with Gasteiger partial charge in [-0.3, -0.25) is 9.69 Å². The molecule has 0 unspecified atom stereocenters. The van der Waals surface area contributed by atoms with Gasteiger partial charge in [0.1, 0.15) is 11.6 Å². The molecule has 1 aromatic carbocycles. The van der Waals surface area contributed by atoms with Crippen LogP contribution in [0.3, 0.4) is 0 Å². The first-order chi connectivity index (χ1) is 14.3. The summed E-state index contributed by atoms with van der Waals surface area (Å²) in [5, 5.41) is 11.6. The van der Waals surface area contributed by atoms with Crippen LogP contribution >= 0.6 is 0 Å². The van der Waals surface area contributed by atoms with Crippen molar-refractivity contribution in [3.8, 4) is 11.8 Å². The average Bonchev–Trinajstić information content (AvgIpc) is 2.72. The van der Waals surface area contributed by atoms with Crippen molar-refractivity contribution in [3.05, 3.63) is 53.7 Å². The number of pyridine rings is 1. The minimum atomic E-state index is -4.79. The number of hydrogen-bond acceptors (Lipinski definition) is 6. The van der Waals surface area contributed by atoms with Crippen LogP contribution < -0.4 is 15.0 Å². The highest BCUT2D eigenvalue weighted by Gasteiger charge is 2.32. The van der Waals surface area contributed by atoms with Crippen molar-refractivity contribution in [2.24, 2.45) is 0 Å². The summed E-state index contributed by atoms with van der Waals surface area (Å²) >= 11 is 0. The minimum absolute atomic E-state index is 0.0596. The standard InChI is InChI=1S/C20H20F3N5O2/c21-20(22,23)30-17-4-2-1-3-16(17)13-26-19(29)14-27-7-9-28(10-8-27)18-11-15(12-24)5-6-25-18/h1-6,11H,7-10,13-14H2,(H,26,29). The third-order valence-corrected chi connectivity index (χ3v) is 4.61. The van der Waals surface area contributed by atoms with Gasteiger partial charge in [-0.1, -0.05) is 18.2 Å². The highest BCUT2D eigenvalue weighted by molar-refractivity contribution is 5.78. The van der Waals surface area contributed by atoms with Crippen LogP contribution in [0.1, 0.15) is 11.1 Å². The van der Waals surface area contributed by atoms with Crippen molar-refractivity contribution in [1.82, 2.24) is 15.2 Å². The number of amides is 1. The van der Waals surface area contributed by atoms with Crippen molar-refractivity contribution in [3.63, 3.8) is 0 Å². The van der Waals surface area contributed by atoms with Crippen molar-refractivity contribution in [1.29, 1.82) is 5.26 Å². The van der Waals surface area contributed by atoms with Crippen LogP contribution in [0.15, 0.2) is 42.6 Å². The molecular weight excluding hydrogens is 399 g/mol. The minimum Gasteiger partial charge on any atom is -0.405 e. The molecule has 0 bridgehead atoms. The predicted octanol–water partition coefficient (Wildman–Crippen LogP) is 2.29. The summed E-state index contributed by atoms with van der Waals surface area (Å²) < 4.78 is 41.4. The van der Waals surface area contributed by atoms with Gasteiger partial charge in [-0.05, 0) is 18.2 Å². The van der Waals surface area contributed by atoms with E-state index in [1.807, 2.05) is 9.80 Å². The van der Waals surface area contributed by atoms with Crippen LogP contribution in [0.2, 0.25) is 0 Å². The molecule has 1 aliphatic heterocycles. The Morgan fingerprint density at radius 1 is 1.20 bits per heavy atom. The fraction of sp³-hybridized carbons (Fsp3) is 0.350. The molecule has 10 heteroatoms. The number of carbonyl (C=O) groups is 1. The van der Waals surface area contributed by atoms with E-state index in [1.54, 1.807) is 24.4 Å². The lowest BCUT2D eigenvalue weighted by Crippen LogP contribution is -2.49. The number of ether oxygens (including phenoxy) is 1. The van der Waals surface area contributed by atoms with Gasteiger partial charge in [0, 0.05) is 44.5 Å². The van der Waals surface area contributed by atoms with Crippen molar-refractivity contribution >= 4 is 11.7 Å². The molecule has 7 nitrogen and oxygen atoms in total. The van der Waals surface area contributed by atoms with Crippen LogP contribution in [0, 0.1) is 11.3 Å². The van der Waals surface area contributed by atoms with E-state index >= 15 is 0 Å². The van der Waals surface area contributed by atoms with E-state index in [0.29, 0.717) is 31.7 Å². The summed E-state index contributed by atoms with van der Waals surface area (Å²) in [6, 6.07) is 11.2. The van der Waals surface area contributed by atoms with E-state index in [4.69, 9.17) is 5.26 Å². The molecule has 2 aromatic rings. The zero-order valence-electron chi connectivity index (χ0n) is 16.0. The maximum atomic E-state index is 12.5. The van der Waals surface area contributed by atoms with Gasteiger partial charge < -0.3 is 15.0 Å². The summed E-state index contributed by atoms with van der Waals surface area (Å²) in [5.41, 5.74) is 0.785. The maximum Gasteiger partial charge on any atom is 0.573 e. The lowest BCUT2D eigenvalue weighted by molar-refractivity contribution is -0.274. The van der Waals surface area contributed by atoms with E-state index in [9.17, 15) is 18.0 Å². The molecule has 30 heavy (non-hydrogen) atoms. The number of aromatic nitrogens is 1. The Morgan fingerprint density at radius 3 is 2.63 bits per heavy atom. The van der Waals surface area contributed by atoms with E-state index in [1.165, 1.54) is 18.2 Å². The third-order valence-electron chi connectivity index (χ3n) is 4.61. The number of halogens is 3. The van der Waals surface area contributed by atoms with Crippen LogP contribution in [-0.4, -0.2) is 54.9 Å². The molecule has 0 spiro atoms. The van der Waals surface area contributed by atoms with E-state index in [-0.39, 0.29) is 30.3 Å². The van der Waals surface area contributed by atoms with Crippen molar-refractivity contribution in [2.45, 2.75) is 12.9 Å². The summed E-state index contributed by atoms with van der Waals surface area (Å²) in [5.74, 6) is 0.111. The molecule has 0 saturated carbocycles. The van der Waals surface area contributed by atoms with Gasteiger partial charge in [-0.15, -0.1) is 13.2 Å². The molecule has 1 aliphatic rings. The van der Waals surface area contributed by atoms with E-state index in [0.717, 1.165) is 5.82 Å². The maximum absolute atomic E-state index is 12.5. The molecule has 1 aromatic heterocycles. The fourth-order valence-electron chi connectivity index (χ4n) is 3.12. The number of nitriles is 1. The van der Waals surface area contributed by atoms with Gasteiger partial charge in [-0.2, -0.15) is 5.26 Å². The Labute approximate surface area is 171 Å². The number of hydrogen-bond donors (Lipinski definition) is 1. The number of alkyl halides is 3. The zero-order chi connectivity index (χ0) is 21.6. The highest BCUT2D eigenvalue weighted by Crippen LogP contribution is 2.26. The fourth-order valence-corrected chi connectivity index (χ4v) is 3.12. The summed E-state index contributed by atoms with van der Waals surface area (Å²) in [4.78, 5) is 20.5. The third kappa shape index (κ3) is 6.09. The summed E-state index contributed by atoms with van der Waals surface area (Å²) in [6.45, 7) is 2.63. The number of carbonyl (C=O) groups excluding carboxylic acids is 1. The van der Waals surface area contributed by atoms with E-state index < -0.39 is 6.36 Å². The highest BCUT2D eigenvalue weighted by atomic mass is 19.4. The van der Waals surface area contributed by atoms with Gasteiger partial charge in [0.25, 0.3) is 0 Å². The number of anilines is 1. The first kappa shape index (κ1) is 21.4. The number of nitrogens with zero attached hydrogens (tertiary/aromatic N) is 4. The van der Waals surface area contributed by atoms with E-state index in [2.05, 4.69) is 21.1 Å². The second-order valence-corrected chi connectivity index (χ2v) is 6.71. The van der Waals surface area contributed by atoms with Crippen LogP contribution in [0.5, 0.6) is 5.75 Å². The molecule has 2 heterocycles. The molecule has 1 N–H and O–H groups in total. The summed E-state index contributed by atoms with van der Waals surface area (Å²) in [7, 11) is 0. The Bertz CT molecular complexity index is 921. The molecule has 3 rings (SSSR count). The molecule has 0 aliphatic carbocycles. The Balaban J connectivity index is 1.47. The van der Waals surface area contributed by atoms with Crippen LogP contribution in [0.25, 0.3) is 0 Å². The monoisotopic (exact) mass is 419 g/mol. The molecule has 158 valence electrons. The van der Waals surface area contributed by atoms with Gasteiger partial charge >= 0.3 is 6.36 Å².